The van der Waals surface area contributed by atoms with E-state index in [2.05, 4.69) is 46.4 Å². The van der Waals surface area contributed by atoms with E-state index >= 15 is 0 Å². The van der Waals surface area contributed by atoms with E-state index in [0.29, 0.717) is 0 Å². The van der Waals surface area contributed by atoms with Gasteiger partial charge >= 0.3 is 0 Å². The molecule has 20 heavy (non-hydrogen) atoms. The Morgan fingerprint density at radius 2 is 1.95 bits per heavy atom. The number of anilines is 2. The lowest BCUT2D eigenvalue weighted by molar-refractivity contribution is 1.09. The van der Waals surface area contributed by atoms with Gasteiger partial charge < -0.3 is 10.2 Å². The standard InChI is InChI=1S/C16H18BrClN2/c1-11-7-8-12(13(17)9-11)10-19-15-6-4-5-14(18)16(15)20(2)3/h4-9,19H,10H2,1-3H3. The van der Waals surface area contributed by atoms with Gasteiger partial charge in [-0.3, -0.25) is 0 Å². The average Bonchev–Trinajstić information content (AvgIpc) is 2.37. The second kappa shape index (κ2) is 6.51. The molecule has 0 heterocycles. The number of aryl methyl sites for hydroxylation is 1. The van der Waals surface area contributed by atoms with Gasteiger partial charge in [0.2, 0.25) is 0 Å². The van der Waals surface area contributed by atoms with Crippen LogP contribution in [0.3, 0.4) is 0 Å². The van der Waals surface area contributed by atoms with Crippen LogP contribution in [0.4, 0.5) is 11.4 Å². The highest BCUT2D eigenvalue weighted by Gasteiger charge is 2.09. The van der Waals surface area contributed by atoms with E-state index in [1.165, 1.54) is 11.1 Å². The normalized spacial score (nSPS) is 10.4. The first-order chi connectivity index (χ1) is 9.49. The van der Waals surface area contributed by atoms with Crippen molar-refractivity contribution in [1.29, 1.82) is 0 Å². The zero-order chi connectivity index (χ0) is 14.7. The number of nitrogens with zero attached hydrogens (tertiary/aromatic N) is 1. The average molecular weight is 354 g/mol. The molecule has 0 aromatic heterocycles. The molecule has 4 heteroatoms. The summed E-state index contributed by atoms with van der Waals surface area (Å²) in [6.07, 6.45) is 0. The van der Waals surface area contributed by atoms with Gasteiger partial charge in [-0.1, -0.05) is 45.7 Å². The van der Waals surface area contributed by atoms with Crippen LogP contribution < -0.4 is 10.2 Å². The molecule has 0 saturated carbocycles. The van der Waals surface area contributed by atoms with E-state index in [9.17, 15) is 0 Å². The Morgan fingerprint density at radius 3 is 2.60 bits per heavy atom. The molecule has 1 N–H and O–H groups in total. The molecule has 2 aromatic rings. The molecular weight excluding hydrogens is 336 g/mol. The SMILES string of the molecule is Cc1ccc(CNc2cccc(Cl)c2N(C)C)c(Br)c1. The maximum Gasteiger partial charge on any atom is 0.0786 e. The Bertz CT molecular complexity index is 611. The first-order valence-corrected chi connectivity index (χ1v) is 7.61. The van der Waals surface area contributed by atoms with Crippen molar-refractivity contribution in [3.05, 3.63) is 57.0 Å². The zero-order valence-corrected chi connectivity index (χ0v) is 14.2. The fourth-order valence-corrected chi connectivity index (χ4v) is 3.08. The third-order valence-electron chi connectivity index (χ3n) is 3.11. The quantitative estimate of drug-likeness (QED) is 0.823. The van der Waals surface area contributed by atoms with Gasteiger partial charge in [0.1, 0.15) is 0 Å². The van der Waals surface area contributed by atoms with Crippen LogP contribution in [0.5, 0.6) is 0 Å². The molecule has 0 saturated heterocycles. The van der Waals surface area contributed by atoms with Gasteiger partial charge in [0.15, 0.2) is 0 Å². The van der Waals surface area contributed by atoms with Crippen LogP contribution in [0, 0.1) is 6.92 Å². The first-order valence-electron chi connectivity index (χ1n) is 6.44. The maximum absolute atomic E-state index is 6.27. The van der Waals surface area contributed by atoms with Crippen molar-refractivity contribution in [3.8, 4) is 0 Å². The van der Waals surface area contributed by atoms with Gasteiger partial charge in [-0.15, -0.1) is 0 Å². The molecule has 0 aliphatic rings. The van der Waals surface area contributed by atoms with Crippen molar-refractivity contribution in [2.75, 3.05) is 24.3 Å². The van der Waals surface area contributed by atoms with Crippen LogP contribution in [-0.2, 0) is 6.54 Å². The van der Waals surface area contributed by atoms with Gasteiger partial charge in [0.25, 0.3) is 0 Å². The third-order valence-corrected chi connectivity index (χ3v) is 4.16. The Morgan fingerprint density at radius 1 is 1.20 bits per heavy atom. The van der Waals surface area contributed by atoms with Gasteiger partial charge in [-0.2, -0.15) is 0 Å². The predicted molar refractivity (Wildman–Crippen MR) is 92.0 cm³/mol. The minimum absolute atomic E-state index is 0.752. The summed E-state index contributed by atoms with van der Waals surface area (Å²) in [5, 5.41) is 4.21. The van der Waals surface area contributed by atoms with Crippen molar-refractivity contribution in [3.63, 3.8) is 0 Å². The van der Waals surface area contributed by atoms with Gasteiger partial charge in [0, 0.05) is 25.1 Å². The Hall–Kier alpha value is -1.19. The summed E-state index contributed by atoms with van der Waals surface area (Å²) in [6, 6.07) is 12.3. The molecule has 0 atom stereocenters. The molecule has 0 spiro atoms. The number of rotatable bonds is 4. The Kier molecular flexibility index (Phi) is 4.95. The molecule has 2 aromatic carbocycles. The molecule has 2 rings (SSSR count). The fraction of sp³-hybridized carbons (Fsp3) is 0.250. The van der Waals surface area contributed by atoms with Gasteiger partial charge in [0.05, 0.1) is 16.4 Å². The van der Waals surface area contributed by atoms with Crippen LogP contribution in [-0.4, -0.2) is 14.1 Å². The van der Waals surface area contributed by atoms with E-state index in [1.807, 2.05) is 37.2 Å². The summed E-state index contributed by atoms with van der Waals surface area (Å²) in [4.78, 5) is 2.02. The topological polar surface area (TPSA) is 15.3 Å². The molecule has 0 aliphatic heterocycles. The summed E-state index contributed by atoms with van der Waals surface area (Å²) in [5.74, 6) is 0. The summed E-state index contributed by atoms with van der Waals surface area (Å²) < 4.78 is 1.12. The molecule has 0 bridgehead atoms. The van der Waals surface area contributed by atoms with Gasteiger partial charge in [-0.25, -0.2) is 0 Å². The fourth-order valence-electron chi connectivity index (χ4n) is 2.10. The predicted octanol–water partition coefficient (Wildman–Crippen LogP) is 5.09. The number of nitrogens with one attached hydrogen (secondary N) is 1. The second-order valence-corrected chi connectivity index (χ2v) is 6.24. The van der Waals surface area contributed by atoms with Crippen molar-refractivity contribution in [1.82, 2.24) is 0 Å². The molecule has 0 unspecified atom stereocenters. The summed E-state index contributed by atoms with van der Waals surface area (Å²) in [5.41, 5.74) is 4.52. The van der Waals surface area contributed by atoms with E-state index in [4.69, 9.17) is 11.6 Å². The van der Waals surface area contributed by atoms with Crippen molar-refractivity contribution < 1.29 is 0 Å². The van der Waals surface area contributed by atoms with Crippen molar-refractivity contribution >= 4 is 38.9 Å². The first kappa shape index (κ1) is 15.2. The smallest absolute Gasteiger partial charge is 0.0786 e. The van der Waals surface area contributed by atoms with E-state index in [0.717, 1.165) is 27.4 Å². The van der Waals surface area contributed by atoms with Crippen LogP contribution in [0.15, 0.2) is 40.9 Å². The highest BCUT2D eigenvalue weighted by Crippen LogP contribution is 2.33. The lowest BCUT2D eigenvalue weighted by Crippen LogP contribution is -2.13. The van der Waals surface area contributed by atoms with Crippen molar-refractivity contribution in [2.24, 2.45) is 0 Å². The second-order valence-electron chi connectivity index (χ2n) is 4.98. The lowest BCUT2D eigenvalue weighted by atomic mass is 10.1. The van der Waals surface area contributed by atoms with E-state index in [-0.39, 0.29) is 0 Å². The molecule has 0 radical (unpaired) electrons. The number of para-hydroxylation sites is 1. The van der Waals surface area contributed by atoms with Crippen LogP contribution >= 0.6 is 27.5 Å². The number of hydrogen-bond donors (Lipinski definition) is 1. The summed E-state index contributed by atoms with van der Waals surface area (Å²) >= 11 is 9.87. The molecule has 0 aliphatic carbocycles. The molecule has 0 amide bonds. The minimum Gasteiger partial charge on any atom is -0.379 e. The summed E-state index contributed by atoms with van der Waals surface area (Å²) in [6.45, 7) is 2.84. The number of halogens is 2. The van der Waals surface area contributed by atoms with E-state index in [1.54, 1.807) is 0 Å². The van der Waals surface area contributed by atoms with Crippen LogP contribution in [0.2, 0.25) is 5.02 Å². The zero-order valence-electron chi connectivity index (χ0n) is 11.9. The summed E-state index contributed by atoms with van der Waals surface area (Å²) in [7, 11) is 3.99. The monoisotopic (exact) mass is 352 g/mol. The molecule has 2 nitrogen and oxygen atoms in total. The van der Waals surface area contributed by atoms with Crippen molar-refractivity contribution in [2.45, 2.75) is 13.5 Å². The lowest BCUT2D eigenvalue weighted by Gasteiger charge is -2.20. The van der Waals surface area contributed by atoms with Gasteiger partial charge in [-0.05, 0) is 36.2 Å². The molecule has 106 valence electrons. The Labute approximate surface area is 133 Å². The molecular formula is C16H18BrClN2. The minimum atomic E-state index is 0.752. The highest BCUT2D eigenvalue weighted by atomic mass is 79.9. The largest absolute Gasteiger partial charge is 0.379 e. The Balaban J connectivity index is 2.21. The number of benzene rings is 2. The maximum atomic E-state index is 6.27. The number of hydrogen-bond acceptors (Lipinski definition) is 2. The van der Waals surface area contributed by atoms with Crippen LogP contribution in [0.25, 0.3) is 0 Å². The molecule has 0 fully saturated rings. The third kappa shape index (κ3) is 3.47. The van der Waals surface area contributed by atoms with Crippen LogP contribution in [0.1, 0.15) is 11.1 Å². The highest BCUT2D eigenvalue weighted by molar-refractivity contribution is 9.10. The van der Waals surface area contributed by atoms with E-state index < -0.39 is 0 Å².